The molecule has 1 aromatic rings. The zero-order valence-electron chi connectivity index (χ0n) is 11.4. The van der Waals surface area contributed by atoms with Crippen molar-refractivity contribution in [3.63, 3.8) is 0 Å². The number of hydrogen-bond donors (Lipinski definition) is 2. The summed E-state index contributed by atoms with van der Waals surface area (Å²) in [6.07, 6.45) is 2.52. The molecular formula is C15H22FN3. The van der Waals surface area contributed by atoms with Gasteiger partial charge in [0.15, 0.2) is 0 Å². The van der Waals surface area contributed by atoms with Crippen LogP contribution in [-0.2, 0) is 6.54 Å². The maximum Gasteiger partial charge on any atom is 0.123 e. The Bertz CT molecular complexity index is 420. The normalized spacial score (nSPS) is 32.0. The Morgan fingerprint density at radius 2 is 2.11 bits per heavy atom. The summed E-state index contributed by atoms with van der Waals surface area (Å²) in [7, 11) is 0. The topological polar surface area (TPSA) is 27.3 Å². The third-order valence-electron chi connectivity index (χ3n) is 4.43. The van der Waals surface area contributed by atoms with Gasteiger partial charge in [-0.1, -0.05) is 19.1 Å². The maximum absolute atomic E-state index is 12.9. The van der Waals surface area contributed by atoms with E-state index < -0.39 is 0 Å². The van der Waals surface area contributed by atoms with Gasteiger partial charge in [0.05, 0.1) is 0 Å². The molecule has 19 heavy (non-hydrogen) atoms. The molecule has 2 fully saturated rings. The number of nitrogens with one attached hydrogen (secondary N) is 2. The van der Waals surface area contributed by atoms with Crippen LogP contribution in [0.4, 0.5) is 4.39 Å². The Balaban J connectivity index is 1.67. The molecule has 3 unspecified atom stereocenters. The first-order chi connectivity index (χ1) is 9.24. The predicted octanol–water partition coefficient (Wildman–Crippen LogP) is 1.90. The molecule has 2 heterocycles. The van der Waals surface area contributed by atoms with Gasteiger partial charge in [-0.15, -0.1) is 0 Å². The number of halogens is 1. The molecule has 0 aromatic heterocycles. The second kappa shape index (κ2) is 5.57. The zero-order valence-corrected chi connectivity index (χ0v) is 11.4. The van der Waals surface area contributed by atoms with Gasteiger partial charge in [-0.3, -0.25) is 15.8 Å². The quantitative estimate of drug-likeness (QED) is 0.872. The molecule has 0 aliphatic carbocycles. The van der Waals surface area contributed by atoms with E-state index in [-0.39, 0.29) is 5.82 Å². The number of hydrogen-bond acceptors (Lipinski definition) is 3. The molecule has 0 amide bonds. The molecule has 104 valence electrons. The van der Waals surface area contributed by atoms with Crippen LogP contribution in [0.3, 0.4) is 0 Å². The number of nitrogens with zero attached hydrogens (tertiary/aromatic N) is 1. The smallest absolute Gasteiger partial charge is 0.123 e. The fourth-order valence-corrected chi connectivity index (χ4v) is 3.36. The van der Waals surface area contributed by atoms with Crippen molar-refractivity contribution < 1.29 is 4.39 Å². The molecule has 3 rings (SSSR count). The molecule has 2 aliphatic heterocycles. The van der Waals surface area contributed by atoms with Gasteiger partial charge >= 0.3 is 0 Å². The van der Waals surface area contributed by atoms with Gasteiger partial charge < -0.3 is 0 Å². The molecule has 2 aliphatic rings. The lowest BCUT2D eigenvalue weighted by atomic mass is 9.95. The van der Waals surface area contributed by atoms with E-state index in [1.807, 2.05) is 12.1 Å². The minimum Gasteiger partial charge on any atom is -0.295 e. The van der Waals surface area contributed by atoms with E-state index in [4.69, 9.17) is 0 Å². The highest BCUT2D eigenvalue weighted by Crippen LogP contribution is 2.27. The summed E-state index contributed by atoms with van der Waals surface area (Å²) in [4.78, 5) is 2.54. The first-order valence-electron chi connectivity index (χ1n) is 7.21. The summed E-state index contributed by atoms with van der Waals surface area (Å²) in [5, 5.41) is 0. The molecule has 2 N–H and O–H groups in total. The summed E-state index contributed by atoms with van der Waals surface area (Å²) in [6, 6.07) is 8.03. The Labute approximate surface area is 114 Å². The lowest BCUT2D eigenvalue weighted by Gasteiger charge is -2.31. The molecule has 0 bridgehead atoms. The molecule has 0 radical (unpaired) electrons. The maximum atomic E-state index is 12.9. The number of likely N-dealkylation sites (tertiary alicyclic amines) is 1. The summed E-state index contributed by atoms with van der Waals surface area (Å²) in [6.45, 7) is 5.42. The van der Waals surface area contributed by atoms with Crippen molar-refractivity contribution in [1.29, 1.82) is 0 Å². The van der Waals surface area contributed by atoms with Crippen molar-refractivity contribution in [2.24, 2.45) is 5.92 Å². The molecule has 3 nitrogen and oxygen atoms in total. The average Bonchev–Trinajstić information content (AvgIpc) is 3.01. The number of hydrazine groups is 1. The van der Waals surface area contributed by atoms with E-state index >= 15 is 0 Å². The van der Waals surface area contributed by atoms with Gasteiger partial charge in [0, 0.05) is 25.2 Å². The van der Waals surface area contributed by atoms with Crippen LogP contribution in [0.15, 0.2) is 24.3 Å². The van der Waals surface area contributed by atoms with E-state index in [0.29, 0.717) is 18.0 Å². The Kier molecular flexibility index (Phi) is 3.82. The van der Waals surface area contributed by atoms with Crippen molar-refractivity contribution in [2.75, 3.05) is 13.1 Å². The van der Waals surface area contributed by atoms with Gasteiger partial charge in [-0.05, 0) is 43.0 Å². The second-order valence-corrected chi connectivity index (χ2v) is 5.83. The van der Waals surface area contributed by atoms with Crippen LogP contribution in [0.2, 0.25) is 0 Å². The van der Waals surface area contributed by atoms with Crippen LogP contribution in [0.25, 0.3) is 0 Å². The van der Waals surface area contributed by atoms with Gasteiger partial charge in [0.1, 0.15) is 5.82 Å². The van der Waals surface area contributed by atoms with E-state index in [2.05, 4.69) is 22.7 Å². The van der Waals surface area contributed by atoms with Crippen LogP contribution < -0.4 is 10.9 Å². The molecule has 4 heteroatoms. The van der Waals surface area contributed by atoms with Crippen LogP contribution in [0.5, 0.6) is 0 Å². The molecule has 1 aromatic carbocycles. The van der Waals surface area contributed by atoms with Gasteiger partial charge in [0.25, 0.3) is 0 Å². The number of rotatable bonds is 3. The first kappa shape index (κ1) is 13.0. The minimum absolute atomic E-state index is 0.156. The van der Waals surface area contributed by atoms with Crippen molar-refractivity contribution in [1.82, 2.24) is 15.8 Å². The summed E-state index contributed by atoms with van der Waals surface area (Å²) in [5.41, 5.74) is 7.89. The third kappa shape index (κ3) is 2.81. The predicted molar refractivity (Wildman–Crippen MR) is 73.9 cm³/mol. The Hall–Kier alpha value is -0.970. The van der Waals surface area contributed by atoms with E-state index in [1.54, 1.807) is 12.1 Å². The van der Waals surface area contributed by atoms with Gasteiger partial charge in [-0.25, -0.2) is 4.39 Å². The fourth-order valence-electron chi connectivity index (χ4n) is 3.36. The van der Waals surface area contributed by atoms with Crippen LogP contribution in [-0.4, -0.2) is 30.1 Å². The van der Waals surface area contributed by atoms with Crippen LogP contribution >= 0.6 is 0 Å². The monoisotopic (exact) mass is 263 g/mol. The molecule has 2 saturated heterocycles. The van der Waals surface area contributed by atoms with Crippen molar-refractivity contribution in [2.45, 2.75) is 38.4 Å². The molecule has 0 saturated carbocycles. The summed E-state index contributed by atoms with van der Waals surface area (Å²) in [5.74, 6) is 0.510. The van der Waals surface area contributed by atoms with Crippen molar-refractivity contribution in [3.05, 3.63) is 35.6 Å². The van der Waals surface area contributed by atoms with E-state index in [9.17, 15) is 4.39 Å². The van der Waals surface area contributed by atoms with Crippen molar-refractivity contribution in [3.8, 4) is 0 Å². The van der Waals surface area contributed by atoms with Gasteiger partial charge in [0.2, 0.25) is 0 Å². The third-order valence-corrected chi connectivity index (χ3v) is 4.43. The zero-order chi connectivity index (χ0) is 13.2. The lowest BCUT2D eigenvalue weighted by Crippen LogP contribution is -2.47. The van der Waals surface area contributed by atoms with E-state index in [0.717, 1.165) is 19.6 Å². The highest BCUT2D eigenvalue weighted by molar-refractivity contribution is 5.16. The van der Waals surface area contributed by atoms with E-state index in [1.165, 1.54) is 18.4 Å². The summed E-state index contributed by atoms with van der Waals surface area (Å²) >= 11 is 0. The SMILES string of the molecule is CC1CNNC1C1CCCN1Cc1ccc(F)cc1. The number of benzene rings is 1. The first-order valence-corrected chi connectivity index (χ1v) is 7.21. The average molecular weight is 263 g/mol. The minimum atomic E-state index is -0.156. The van der Waals surface area contributed by atoms with Crippen LogP contribution in [0, 0.1) is 11.7 Å². The molecule has 3 atom stereocenters. The van der Waals surface area contributed by atoms with Gasteiger partial charge in [-0.2, -0.15) is 0 Å². The van der Waals surface area contributed by atoms with Crippen molar-refractivity contribution >= 4 is 0 Å². The fraction of sp³-hybridized carbons (Fsp3) is 0.600. The highest BCUT2D eigenvalue weighted by atomic mass is 19.1. The summed E-state index contributed by atoms with van der Waals surface area (Å²) < 4.78 is 12.9. The molecular weight excluding hydrogens is 241 g/mol. The Morgan fingerprint density at radius 3 is 2.79 bits per heavy atom. The standard InChI is InChI=1S/C15H22FN3/c1-11-9-17-18-15(11)14-3-2-8-19(14)10-12-4-6-13(16)7-5-12/h4-7,11,14-15,17-18H,2-3,8-10H2,1H3. The second-order valence-electron chi connectivity index (χ2n) is 5.83. The lowest BCUT2D eigenvalue weighted by molar-refractivity contribution is 0.187. The highest BCUT2D eigenvalue weighted by Gasteiger charge is 2.36. The van der Waals surface area contributed by atoms with Crippen LogP contribution in [0.1, 0.15) is 25.3 Å². The Morgan fingerprint density at radius 1 is 1.32 bits per heavy atom. The largest absolute Gasteiger partial charge is 0.295 e. The molecule has 0 spiro atoms.